The summed E-state index contributed by atoms with van der Waals surface area (Å²) >= 11 is 0. The zero-order valence-electron chi connectivity index (χ0n) is 9.88. The van der Waals surface area contributed by atoms with Crippen LogP contribution < -0.4 is 10.6 Å². The largest absolute Gasteiger partial charge is 0.369 e. The Morgan fingerprint density at radius 1 is 1.33 bits per heavy atom. The lowest BCUT2D eigenvalue weighted by Gasteiger charge is -2.09. The van der Waals surface area contributed by atoms with E-state index >= 15 is 0 Å². The van der Waals surface area contributed by atoms with Crippen molar-refractivity contribution in [3.05, 3.63) is 23.9 Å². The van der Waals surface area contributed by atoms with Crippen LogP contribution in [0.25, 0.3) is 0 Å². The van der Waals surface area contributed by atoms with Gasteiger partial charge in [0, 0.05) is 19.3 Å². The lowest BCUT2D eigenvalue weighted by atomic mass is 10.0. The molecule has 1 rings (SSSR count). The van der Waals surface area contributed by atoms with E-state index in [1.807, 2.05) is 13.2 Å². The van der Waals surface area contributed by atoms with Crippen molar-refractivity contribution in [2.75, 3.05) is 25.5 Å². The molecule has 15 heavy (non-hydrogen) atoms. The first-order valence-electron chi connectivity index (χ1n) is 5.62. The third kappa shape index (κ3) is 3.88. The summed E-state index contributed by atoms with van der Waals surface area (Å²) in [4.78, 5) is 4.38. The molecule has 0 fully saturated rings. The molecule has 1 heterocycles. The van der Waals surface area contributed by atoms with Crippen LogP contribution in [0.4, 0.5) is 5.82 Å². The Labute approximate surface area is 92.3 Å². The van der Waals surface area contributed by atoms with Crippen LogP contribution in [-0.2, 0) is 0 Å². The Hall–Kier alpha value is -1.09. The van der Waals surface area contributed by atoms with E-state index in [9.17, 15) is 0 Å². The number of anilines is 1. The fraction of sp³-hybridized carbons (Fsp3) is 0.583. The molecule has 0 radical (unpaired) electrons. The van der Waals surface area contributed by atoms with Crippen molar-refractivity contribution >= 4 is 5.82 Å². The molecule has 2 N–H and O–H groups in total. The monoisotopic (exact) mass is 207 g/mol. The van der Waals surface area contributed by atoms with Gasteiger partial charge in [-0.05, 0) is 31.0 Å². The molecule has 0 spiro atoms. The number of hydrogen-bond donors (Lipinski definition) is 2. The number of nitrogens with zero attached hydrogens (tertiary/aromatic N) is 1. The molecular weight excluding hydrogens is 186 g/mol. The quantitative estimate of drug-likeness (QED) is 0.702. The van der Waals surface area contributed by atoms with E-state index in [0.717, 1.165) is 25.3 Å². The molecule has 1 aromatic rings. The van der Waals surface area contributed by atoms with Crippen molar-refractivity contribution in [1.82, 2.24) is 10.3 Å². The second-order valence-corrected chi connectivity index (χ2v) is 3.82. The number of likely N-dealkylation sites (N-methyl/N-ethyl adjacent to an activating group) is 1. The van der Waals surface area contributed by atoms with Gasteiger partial charge in [0.1, 0.15) is 5.82 Å². The van der Waals surface area contributed by atoms with Crippen LogP contribution in [0, 0.1) is 0 Å². The zero-order valence-corrected chi connectivity index (χ0v) is 9.88. The zero-order chi connectivity index (χ0) is 11.1. The Balaban J connectivity index is 2.49. The average molecular weight is 207 g/mol. The Morgan fingerprint density at radius 2 is 2.13 bits per heavy atom. The van der Waals surface area contributed by atoms with Crippen LogP contribution >= 0.6 is 0 Å². The first-order valence-corrected chi connectivity index (χ1v) is 5.62. The summed E-state index contributed by atoms with van der Waals surface area (Å²) in [6, 6.07) is 4.21. The van der Waals surface area contributed by atoms with E-state index in [4.69, 9.17) is 0 Å². The van der Waals surface area contributed by atoms with Gasteiger partial charge in [0.2, 0.25) is 0 Å². The summed E-state index contributed by atoms with van der Waals surface area (Å²) < 4.78 is 0. The van der Waals surface area contributed by atoms with Crippen molar-refractivity contribution in [1.29, 1.82) is 0 Å². The van der Waals surface area contributed by atoms with Crippen molar-refractivity contribution < 1.29 is 0 Å². The molecule has 0 amide bonds. The van der Waals surface area contributed by atoms with E-state index in [1.54, 1.807) is 0 Å². The lowest BCUT2D eigenvalue weighted by Crippen LogP contribution is -2.18. The molecule has 0 bridgehead atoms. The summed E-state index contributed by atoms with van der Waals surface area (Å²) in [6.07, 6.45) is 3.13. The summed E-state index contributed by atoms with van der Waals surface area (Å²) in [5.41, 5.74) is 1.32. The summed E-state index contributed by atoms with van der Waals surface area (Å²) in [5.74, 6) is 1.56. The fourth-order valence-electron chi connectivity index (χ4n) is 1.35. The van der Waals surface area contributed by atoms with Crippen LogP contribution in [0.3, 0.4) is 0 Å². The van der Waals surface area contributed by atoms with E-state index in [0.29, 0.717) is 5.92 Å². The second kappa shape index (κ2) is 6.40. The van der Waals surface area contributed by atoms with E-state index in [-0.39, 0.29) is 0 Å². The van der Waals surface area contributed by atoms with Crippen molar-refractivity contribution in [3.8, 4) is 0 Å². The van der Waals surface area contributed by atoms with Gasteiger partial charge in [-0.15, -0.1) is 0 Å². The Bertz CT molecular complexity index is 269. The predicted octanol–water partition coefficient (Wildman–Crippen LogP) is 2.23. The van der Waals surface area contributed by atoms with Gasteiger partial charge < -0.3 is 10.6 Å². The molecule has 0 aliphatic rings. The van der Waals surface area contributed by atoms with Crippen LogP contribution in [0.15, 0.2) is 18.3 Å². The van der Waals surface area contributed by atoms with Crippen LogP contribution in [0.5, 0.6) is 0 Å². The fourth-order valence-corrected chi connectivity index (χ4v) is 1.35. The van der Waals surface area contributed by atoms with Crippen LogP contribution in [0.2, 0.25) is 0 Å². The molecule has 0 aromatic carbocycles. The highest BCUT2D eigenvalue weighted by atomic mass is 15.0. The molecule has 0 saturated heterocycles. The normalized spacial score (nSPS) is 12.5. The number of nitrogens with one attached hydrogen (secondary N) is 2. The Kier molecular flexibility index (Phi) is 5.12. The second-order valence-electron chi connectivity index (χ2n) is 3.82. The van der Waals surface area contributed by atoms with Gasteiger partial charge >= 0.3 is 0 Å². The highest BCUT2D eigenvalue weighted by Gasteiger charge is 2.02. The third-order valence-corrected chi connectivity index (χ3v) is 2.65. The van der Waals surface area contributed by atoms with Gasteiger partial charge in [0.25, 0.3) is 0 Å². The number of aromatic nitrogens is 1. The van der Waals surface area contributed by atoms with Gasteiger partial charge in [-0.3, -0.25) is 0 Å². The molecule has 1 atom stereocenters. The summed E-state index contributed by atoms with van der Waals surface area (Å²) in [7, 11) is 1.95. The topological polar surface area (TPSA) is 37.0 Å². The number of rotatable bonds is 6. The highest BCUT2D eigenvalue weighted by Crippen LogP contribution is 2.18. The molecule has 3 heteroatoms. The lowest BCUT2D eigenvalue weighted by molar-refractivity contribution is 0.729. The molecule has 1 aromatic heterocycles. The van der Waals surface area contributed by atoms with Gasteiger partial charge in [-0.2, -0.15) is 0 Å². The number of hydrogen-bond acceptors (Lipinski definition) is 3. The smallest absolute Gasteiger partial charge is 0.125 e. The summed E-state index contributed by atoms with van der Waals surface area (Å²) in [6.45, 7) is 6.29. The maximum absolute atomic E-state index is 4.38. The van der Waals surface area contributed by atoms with Crippen molar-refractivity contribution in [2.24, 2.45) is 0 Å². The van der Waals surface area contributed by atoms with E-state index in [2.05, 4.69) is 41.6 Å². The Morgan fingerprint density at radius 3 is 2.67 bits per heavy atom. The predicted molar refractivity (Wildman–Crippen MR) is 65.4 cm³/mol. The van der Waals surface area contributed by atoms with Gasteiger partial charge in [-0.1, -0.05) is 19.9 Å². The van der Waals surface area contributed by atoms with Gasteiger partial charge in [0.05, 0.1) is 0 Å². The molecule has 0 aliphatic carbocycles. The molecule has 0 aliphatic heterocycles. The third-order valence-electron chi connectivity index (χ3n) is 2.65. The molecule has 0 saturated carbocycles. The molecule has 3 nitrogen and oxygen atoms in total. The van der Waals surface area contributed by atoms with Crippen LogP contribution in [0.1, 0.15) is 31.7 Å². The van der Waals surface area contributed by atoms with Crippen molar-refractivity contribution in [3.63, 3.8) is 0 Å². The van der Waals surface area contributed by atoms with Gasteiger partial charge in [-0.25, -0.2) is 4.98 Å². The summed E-state index contributed by atoms with van der Waals surface area (Å²) in [5, 5.41) is 6.34. The van der Waals surface area contributed by atoms with Gasteiger partial charge in [0.15, 0.2) is 0 Å². The minimum Gasteiger partial charge on any atom is -0.369 e. The van der Waals surface area contributed by atoms with E-state index < -0.39 is 0 Å². The first-order chi connectivity index (χ1) is 7.27. The molecule has 84 valence electrons. The number of pyridine rings is 1. The first kappa shape index (κ1) is 12.0. The maximum atomic E-state index is 4.38. The van der Waals surface area contributed by atoms with Crippen molar-refractivity contribution in [2.45, 2.75) is 26.2 Å². The van der Waals surface area contributed by atoms with E-state index in [1.165, 1.54) is 5.56 Å². The van der Waals surface area contributed by atoms with Crippen LogP contribution in [-0.4, -0.2) is 25.1 Å². The highest BCUT2D eigenvalue weighted by molar-refractivity contribution is 5.36. The standard InChI is InChI=1S/C12H21N3/c1-4-10(2)11-5-6-12(15-9-11)14-8-7-13-3/h5-6,9-10,13H,4,7-8H2,1-3H3,(H,14,15). The molecular formula is C12H21N3. The maximum Gasteiger partial charge on any atom is 0.125 e. The minimum absolute atomic E-state index is 0.601. The molecule has 1 unspecified atom stereocenters. The average Bonchev–Trinajstić information content (AvgIpc) is 2.29. The SMILES string of the molecule is CCC(C)c1ccc(NCCNC)nc1. The minimum atomic E-state index is 0.601.